The third-order valence-electron chi connectivity index (χ3n) is 3.39. The number of carbonyl (C=O) groups is 2. The van der Waals surface area contributed by atoms with E-state index in [1.165, 1.54) is 4.90 Å². The molecule has 1 aliphatic rings. The van der Waals surface area contributed by atoms with Crippen LogP contribution < -0.4 is 5.56 Å². The number of hydrogen-bond donors (Lipinski definition) is 2. The number of carboxylic acids is 1. The predicted octanol–water partition coefficient (Wildman–Crippen LogP) is 1.07. The van der Waals surface area contributed by atoms with E-state index < -0.39 is 11.5 Å². The maximum absolute atomic E-state index is 12.5. The van der Waals surface area contributed by atoms with Crippen LogP contribution in [-0.2, 0) is 4.79 Å². The molecule has 0 aliphatic heterocycles. The summed E-state index contributed by atoms with van der Waals surface area (Å²) < 4.78 is 0. The van der Waals surface area contributed by atoms with Crippen LogP contribution in [0.1, 0.15) is 40.9 Å². The van der Waals surface area contributed by atoms with Crippen LogP contribution in [0.5, 0.6) is 0 Å². The van der Waals surface area contributed by atoms with Gasteiger partial charge in [0.05, 0.1) is 6.42 Å². The number of rotatable bonds is 5. The van der Waals surface area contributed by atoms with Crippen molar-refractivity contribution in [1.29, 1.82) is 0 Å². The molecule has 2 N–H and O–H groups in total. The SMILES string of the molecule is Cc1cc(C)c(C(=O)N(CCC(=O)O)C2CC2)c(=O)[nH]1. The molecule has 1 amide bonds. The van der Waals surface area contributed by atoms with Crippen LogP contribution >= 0.6 is 0 Å². The largest absolute Gasteiger partial charge is 0.481 e. The predicted molar refractivity (Wildman–Crippen MR) is 72.8 cm³/mol. The van der Waals surface area contributed by atoms with E-state index >= 15 is 0 Å². The number of aliphatic carboxylic acids is 1. The van der Waals surface area contributed by atoms with Gasteiger partial charge in [-0.2, -0.15) is 0 Å². The van der Waals surface area contributed by atoms with Crippen LogP contribution in [0.2, 0.25) is 0 Å². The van der Waals surface area contributed by atoms with Crippen molar-refractivity contribution in [3.8, 4) is 0 Å². The van der Waals surface area contributed by atoms with Crippen LogP contribution in [0.25, 0.3) is 0 Å². The molecule has 1 heterocycles. The van der Waals surface area contributed by atoms with E-state index in [-0.39, 0.29) is 30.5 Å². The fraction of sp³-hybridized carbons (Fsp3) is 0.500. The van der Waals surface area contributed by atoms with Gasteiger partial charge in [-0.1, -0.05) is 0 Å². The molecule has 108 valence electrons. The first-order valence-electron chi connectivity index (χ1n) is 6.63. The zero-order valence-electron chi connectivity index (χ0n) is 11.6. The number of aromatic amines is 1. The van der Waals surface area contributed by atoms with Gasteiger partial charge in [0.25, 0.3) is 11.5 Å². The summed E-state index contributed by atoms with van der Waals surface area (Å²) >= 11 is 0. The Balaban J connectivity index is 2.28. The Morgan fingerprint density at radius 2 is 2.05 bits per heavy atom. The summed E-state index contributed by atoms with van der Waals surface area (Å²) in [4.78, 5) is 39.3. The molecule has 0 radical (unpaired) electrons. The Morgan fingerprint density at radius 1 is 1.40 bits per heavy atom. The van der Waals surface area contributed by atoms with Crippen molar-refractivity contribution in [2.45, 2.75) is 39.2 Å². The standard InChI is InChI=1S/C14H18N2O4/c1-8-7-9(2)15-13(19)12(8)14(20)16(10-3-4-10)6-5-11(17)18/h7,10H,3-6H2,1-2H3,(H,15,19)(H,17,18). The van der Waals surface area contributed by atoms with Crippen LogP contribution in [0.15, 0.2) is 10.9 Å². The molecule has 0 unspecified atom stereocenters. The Kier molecular flexibility index (Phi) is 3.92. The van der Waals surface area contributed by atoms with Gasteiger partial charge in [-0.15, -0.1) is 0 Å². The highest BCUT2D eigenvalue weighted by molar-refractivity contribution is 5.95. The first-order chi connectivity index (χ1) is 9.40. The summed E-state index contributed by atoms with van der Waals surface area (Å²) in [5.74, 6) is -1.31. The minimum atomic E-state index is -0.946. The number of aryl methyl sites for hydroxylation is 2. The molecule has 2 rings (SSSR count). The molecule has 0 atom stereocenters. The summed E-state index contributed by atoms with van der Waals surface area (Å²) in [6, 6.07) is 1.82. The summed E-state index contributed by atoms with van der Waals surface area (Å²) in [5, 5.41) is 8.76. The van der Waals surface area contributed by atoms with E-state index in [0.717, 1.165) is 12.8 Å². The van der Waals surface area contributed by atoms with Crippen LogP contribution in [0.3, 0.4) is 0 Å². The van der Waals surface area contributed by atoms with Gasteiger partial charge in [-0.25, -0.2) is 0 Å². The second kappa shape index (κ2) is 5.48. The molecule has 0 spiro atoms. The monoisotopic (exact) mass is 278 g/mol. The third-order valence-corrected chi connectivity index (χ3v) is 3.39. The topological polar surface area (TPSA) is 90.5 Å². The number of amides is 1. The lowest BCUT2D eigenvalue weighted by atomic mass is 10.1. The maximum Gasteiger partial charge on any atom is 0.305 e. The molecule has 1 aromatic heterocycles. The molecule has 1 saturated carbocycles. The van der Waals surface area contributed by atoms with Crippen molar-refractivity contribution >= 4 is 11.9 Å². The molecule has 0 saturated heterocycles. The average molecular weight is 278 g/mol. The summed E-state index contributed by atoms with van der Waals surface area (Å²) in [6.07, 6.45) is 1.63. The average Bonchev–Trinajstić information content (AvgIpc) is 3.11. The number of nitrogens with one attached hydrogen (secondary N) is 1. The summed E-state index contributed by atoms with van der Waals surface area (Å²) in [6.45, 7) is 3.62. The van der Waals surface area contributed by atoms with E-state index in [0.29, 0.717) is 11.3 Å². The smallest absolute Gasteiger partial charge is 0.305 e. The molecular formula is C14H18N2O4. The molecular weight excluding hydrogens is 260 g/mol. The minimum Gasteiger partial charge on any atom is -0.481 e. The van der Waals surface area contributed by atoms with Gasteiger partial charge in [-0.05, 0) is 38.3 Å². The Morgan fingerprint density at radius 3 is 2.55 bits per heavy atom. The number of hydrogen-bond acceptors (Lipinski definition) is 3. The fourth-order valence-electron chi connectivity index (χ4n) is 2.32. The lowest BCUT2D eigenvalue weighted by Crippen LogP contribution is -2.38. The second-order valence-corrected chi connectivity index (χ2v) is 5.21. The summed E-state index contributed by atoms with van der Waals surface area (Å²) in [5.41, 5.74) is 1.03. The van der Waals surface area contributed by atoms with Crippen molar-refractivity contribution < 1.29 is 14.7 Å². The van der Waals surface area contributed by atoms with E-state index in [1.54, 1.807) is 19.9 Å². The van der Waals surface area contributed by atoms with E-state index in [1.807, 2.05) is 0 Å². The second-order valence-electron chi connectivity index (χ2n) is 5.21. The van der Waals surface area contributed by atoms with Crippen molar-refractivity contribution in [3.63, 3.8) is 0 Å². The van der Waals surface area contributed by atoms with Gasteiger partial charge in [0.2, 0.25) is 0 Å². The number of aromatic nitrogens is 1. The van der Waals surface area contributed by atoms with Gasteiger partial charge >= 0.3 is 5.97 Å². The van der Waals surface area contributed by atoms with Crippen molar-refractivity contribution in [2.75, 3.05) is 6.54 Å². The number of nitrogens with zero attached hydrogens (tertiary/aromatic N) is 1. The normalized spacial score (nSPS) is 14.1. The van der Waals surface area contributed by atoms with Gasteiger partial charge in [-0.3, -0.25) is 14.4 Å². The molecule has 0 bridgehead atoms. The number of carbonyl (C=O) groups excluding carboxylic acids is 1. The van der Waals surface area contributed by atoms with Gasteiger partial charge < -0.3 is 15.0 Å². The Labute approximate surface area is 116 Å². The number of H-pyrrole nitrogens is 1. The lowest BCUT2D eigenvalue weighted by molar-refractivity contribution is -0.137. The van der Waals surface area contributed by atoms with Crippen LogP contribution in [0, 0.1) is 13.8 Å². The first-order valence-corrected chi connectivity index (χ1v) is 6.63. The van der Waals surface area contributed by atoms with E-state index in [4.69, 9.17) is 5.11 Å². The highest BCUT2D eigenvalue weighted by Gasteiger charge is 2.34. The lowest BCUT2D eigenvalue weighted by Gasteiger charge is -2.22. The van der Waals surface area contributed by atoms with Crippen LogP contribution in [-0.4, -0.2) is 39.5 Å². The zero-order chi connectivity index (χ0) is 14.9. The van der Waals surface area contributed by atoms with Gasteiger partial charge in [0, 0.05) is 18.3 Å². The van der Waals surface area contributed by atoms with Crippen LogP contribution in [0.4, 0.5) is 0 Å². The molecule has 1 aromatic rings. The molecule has 6 nitrogen and oxygen atoms in total. The van der Waals surface area contributed by atoms with E-state index in [9.17, 15) is 14.4 Å². The first kappa shape index (κ1) is 14.3. The molecule has 6 heteroatoms. The van der Waals surface area contributed by atoms with E-state index in [2.05, 4.69) is 4.98 Å². The highest BCUT2D eigenvalue weighted by Crippen LogP contribution is 2.28. The maximum atomic E-state index is 12.5. The minimum absolute atomic E-state index is 0.0713. The van der Waals surface area contributed by atoms with Crippen molar-refractivity contribution in [2.24, 2.45) is 0 Å². The van der Waals surface area contributed by atoms with Crippen molar-refractivity contribution in [1.82, 2.24) is 9.88 Å². The highest BCUT2D eigenvalue weighted by atomic mass is 16.4. The van der Waals surface area contributed by atoms with Crippen molar-refractivity contribution in [3.05, 3.63) is 33.2 Å². The van der Waals surface area contributed by atoms with Gasteiger partial charge in [0.15, 0.2) is 0 Å². The van der Waals surface area contributed by atoms with Gasteiger partial charge in [0.1, 0.15) is 5.56 Å². The fourth-order valence-corrected chi connectivity index (χ4v) is 2.32. The molecule has 20 heavy (non-hydrogen) atoms. The number of pyridine rings is 1. The Hall–Kier alpha value is -2.11. The summed E-state index contributed by atoms with van der Waals surface area (Å²) in [7, 11) is 0. The zero-order valence-corrected chi connectivity index (χ0v) is 11.6. The Bertz CT molecular complexity index is 602. The third kappa shape index (κ3) is 3.07. The molecule has 1 aliphatic carbocycles. The number of carboxylic acid groups (broad SMARTS) is 1. The molecule has 0 aromatic carbocycles. The quantitative estimate of drug-likeness (QED) is 0.843. The molecule has 1 fully saturated rings.